The van der Waals surface area contributed by atoms with Crippen molar-refractivity contribution in [3.05, 3.63) is 69.0 Å². The SMILES string of the molecule is O=c1c2ccccc2nc(SC[C@H]2CCCCO2)n1-c1ccc([N+](=O)[O-])cc1. The monoisotopic (exact) mass is 397 g/mol. The van der Waals surface area contributed by atoms with Crippen LogP contribution in [0.4, 0.5) is 5.69 Å². The Hall–Kier alpha value is -2.71. The molecule has 2 aromatic carbocycles. The average molecular weight is 397 g/mol. The van der Waals surface area contributed by atoms with Crippen LogP contribution >= 0.6 is 11.8 Å². The summed E-state index contributed by atoms with van der Waals surface area (Å²) in [5.74, 6) is 0.706. The van der Waals surface area contributed by atoms with Crippen molar-refractivity contribution in [3.8, 4) is 5.69 Å². The van der Waals surface area contributed by atoms with Crippen molar-refractivity contribution in [2.75, 3.05) is 12.4 Å². The maximum absolute atomic E-state index is 13.2. The number of non-ortho nitro benzene ring substituents is 1. The van der Waals surface area contributed by atoms with Crippen molar-refractivity contribution in [3.63, 3.8) is 0 Å². The summed E-state index contributed by atoms with van der Waals surface area (Å²) in [4.78, 5) is 28.3. The third-order valence-electron chi connectivity index (χ3n) is 4.74. The molecular formula is C20H19N3O4S. The van der Waals surface area contributed by atoms with E-state index in [0.29, 0.717) is 27.5 Å². The zero-order valence-electron chi connectivity index (χ0n) is 15.1. The van der Waals surface area contributed by atoms with Crippen LogP contribution in [-0.2, 0) is 4.74 Å². The van der Waals surface area contributed by atoms with E-state index in [1.165, 1.54) is 28.5 Å². The van der Waals surface area contributed by atoms with Crippen LogP contribution in [0.1, 0.15) is 19.3 Å². The van der Waals surface area contributed by atoms with Crippen LogP contribution in [0.25, 0.3) is 16.6 Å². The van der Waals surface area contributed by atoms with Gasteiger partial charge in [0.1, 0.15) is 0 Å². The number of fused-ring (bicyclic) bond motifs is 1. The molecule has 0 aliphatic carbocycles. The molecule has 1 fully saturated rings. The fraction of sp³-hybridized carbons (Fsp3) is 0.300. The van der Waals surface area contributed by atoms with E-state index in [4.69, 9.17) is 9.72 Å². The number of hydrogen-bond donors (Lipinski definition) is 0. The minimum absolute atomic E-state index is 0.0182. The minimum atomic E-state index is -0.457. The topological polar surface area (TPSA) is 87.3 Å². The summed E-state index contributed by atoms with van der Waals surface area (Å²) < 4.78 is 7.32. The highest BCUT2D eigenvalue weighted by molar-refractivity contribution is 7.99. The molecule has 1 saturated heterocycles. The van der Waals surface area contributed by atoms with Gasteiger partial charge in [-0.25, -0.2) is 4.98 Å². The van der Waals surface area contributed by atoms with Gasteiger partial charge >= 0.3 is 0 Å². The maximum atomic E-state index is 13.2. The molecular weight excluding hydrogens is 378 g/mol. The third-order valence-corrected chi connectivity index (χ3v) is 5.81. The van der Waals surface area contributed by atoms with E-state index in [9.17, 15) is 14.9 Å². The quantitative estimate of drug-likeness (QED) is 0.280. The lowest BCUT2D eigenvalue weighted by atomic mass is 10.1. The van der Waals surface area contributed by atoms with E-state index in [1.54, 1.807) is 24.3 Å². The highest BCUT2D eigenvalue weighted by Gasteiger charge is 2.18. The lowest BCUT2D eigenvalue weighted by Crippen LogP contribution is -2.24. The predicted molar refractivity (Wildman–Crippen MR) is 108 cm³/mol. The van der Waals surface area contributed by atoms with E-state index in [2.05, 4.69) is 0 Å². The highest BCUT2D eigenvalue weighted by Crippen LogP contribution is 2.26. The molecule has 0 bridgehead atoms. The van der Waals surface area contributed by atoms with Crippen LogP contribution in [0.2, 0.25) is 0 Å². The number of aromatic nitrogens is 2. The number of nitro groups is 1. The summed E-state index contributed by atoms with van der Waals surface area (Å²) in [6.45, 7) is 0.769. The van der Waals surface area contributed by atoms with Crippen molar-refractivity contribution >= 4 is 28.4 Å². The van der Waals surface area contributed by atoms with Crippen molar-refractivity contribution < 1.29 is 9.66 Å². The van der Waals surface area contributed by atoms with E-state index in [0.717, 1.165) is 25.9 Å². The molecule has 0 unspecified atom stereocenters. The Labute approximate surface area is 165 Å². The molecule has 2 heterocycles. The van der Waals surface area contributed by atoms with Crippen molar-refractivity contribution in [1.82, 2.24) is 9.55 Å². The van der Waals surface area contributed by atoms with Crippen LogP contribution < -0.4 is 5.56 Å². The Morgan fingerprint density at radius 3 is 2.68 bits per heavy atom. The number of nitro benzene ring substituents is 1. The number of nitrogens with zero attached hydrogens (tertiary/aromatic N) is 3. The summed E-state index contributed by atoms with van der Waals surface area (Å²) in [6.07, 6.45) is 3.38. The first kappa shape index (κ1) is 18.6. The number of benzene rings is 2. The standard InChI is InChI=1S/C20H19N3O4S/c24-19-17-6-1-2-7-18(17)21-20(28-13-16-5-3-4-12-27-16)22(19)14-8-10-15(11-9-14)23(25)26/h1-2,6-11,16H,3-5,12-13H2/t16-/m1/s1. The largest absolute Gasteiger partial charge is 0.377 e. The summed E-state index contributed by atoms with van der Waals surface area (Å²) in [7, 11) is 0. The fourth-order valence-electron chi connectivity index (χ4n) is 3.27. The molecule has 0 spiro atoms. The van der Waals surface area contributed by atoms with E-state index in [1.807, 2.05) is 12.1 Å². The number of hydrogen-bond acceptors (Lipinski definition) is 6. The zero-order chi connectivity index (χ0) is 19.5. The molecule has 1 aromatic heterocycles. The second kappa shape index (κ2) is 8.12. The Morgan fingerprint density at radius 2 is 1.96 bits per heavy atom. The van der Waals surface area contributed by atoms with E-state index in [-0.39, 0.29) is 17.4 Å². The molecule has 0 N–H and O–H groups in total. The van der Waals surface area contributed by atoms with Crippen molar-refractivity contribution in [1.29, 1.82) is 0 Å². The Bertz CT molecular complexity index is 1060. The lowest BCUT2D eigenvalue weighted by Gasteiger charge is -2.22. The van der Waals surface area contributed by atoms with Gasteiger partial charge in [-0.3, -0.25) is 19.5 Å². The molecule has 3 aromatic rings. The lowest BCUT2D eigenvalue weighted by molar-refractivity contribution is -0.384. The normalized spacial score (nSPS) is 16.9. The van der Waals surface area contributed by atoms with E-state index < -0.39 is 4.92 Å². The van der Waals surface area contributed by atoms with E-state index >= 15 is 0 Å². The second-order valence-electron chi connectivity index (χ2n) is 6.63. The van der Waals surface area contributed by atoms with Gasteiger partial charge < -0.3 is 4.74 Å². The summed E-state index contributed by atoms with van der Waals surface area (Å²) in [5.41, 5.74) is 0.987. The first-order chi connectivity index (χ1) is 13.6. The Balaban J connectivity index is 1.76. The van der Waals surface area contributed by atoms with Gasteiger partial charge in [-0.05, 0) is 43.5 Å². The van der Waals surface area contributed by atoms with Crippen molar-refractivity contribution in [2.45, 2.75) is 30.5 Å². The van der Waals surface area contributed by atoms with Crippen LogP contribution in [0.15, 0.2) is 58.5 Å². The van der Waals surface area contributed by atoms with Gasteiger partial charge in [0, 0.05) is 24.5 Å². The van der Waals surface area contributed by atoms with Gasteiger partial charge in [-0.1, -0.05) is 23.9 Å². The molecule has 7 nitrogen and oxygen atoms in total. The molecule has 0 radical (unpaired) electrons. The van der Waals surface area contributed by atoms with Gasteiger partial charge in [-0.2, -0.15) is 0 Å². The number of para-hydroxylation sites is 1. The van der Waals surface area contributed by atoms with Crippen LogP contribution in [-0.4, -0.2) is 32.9 Å². The highest BCUT2D eigenvalue weighted by atomic mass is 32.2. The summed E-state index contributed by atoms with van der Waals surface area (Å²) in [6, 6.07) is 13.2. The predicted octanol–water partition coefficient (Wildman–Crippen LogP) is 3.96. The molecule has 144 valence electrons. The maximum Gasteiger partial charge on any atom is 0.269 e. The smallest absolute Gasteiger partial charge is 0.269 e. The average Bonchev–Trinajstić information content (AvgIpc) is 2.73. The van der Waals surface area contributed by atoms with Gasteiger partial charge in [0.15, 0.2) is 5.16 Å². The Morgan fingerprint density at radius 1 is 1.18 bits per heavy atom. The Kier molecular flexibility index (Phi) is 5.40. The molecule has 0 amide bonds. The fourth-order valence-corrected chi connectivity index (χ4v) is 4.34. The molecule has 0 saturated carbocycles. The molecule has 1 aliphatic rings. The summed E-state index contributed by atoms with van der Waals surface area (Å²) >= 11 is 1.48. The van der Waals surface area contributed by atoms with Gasteiger partial charge in [0.05, 0.1) is 27.6 Å². The summed E-state index contributed by atoms with van der Waals surface area (Å²) in [5, 5.41) is 12.0. The number of ether oxygens (including phenoxy) is 1. The minimum Gasteiger partial charge on any atom is -0.377 e. The molecule has 8 heteroatoms. The second-order valence-corrected chi connectivity index (χ2v) is 7.61. The molecule has 1 atom stereocenters. The first-order valence-corrected chi connectivity index (χ1v) is 10.1. The zero-order valence-corrected chi connectivity index (χ0v) is 15.9. The van der Waals surface area contributed by atoms with Crippen LogP contribution in [0.5, 0.6) is 0 Å². The third kappa shape index (κ3) is 3.79. The van der Waals surface area contributed by atoms with Crippen LogP contribution in [0, 0.1) is 10.1 Å². The number of rotatable bonds is 5. The molecule has 4 rings (SSSR count). The van der Waals surface area contributed by atoms with Crippen LogP contribution in [0.3, 0.4) is 0 Å². The van der Waals surface area contributed by atoms with Gasteiger partial charge in [0.2, 0.25) is 0 Å². The van der Waals surface area contributed by atoms with Gasteiger partial charge in [0.25, 0.3) is 11.2 Å². The van der Waals surface area contributed by atoms with Gasteiger partial charge in [-0.15, -0.1) is 0 Å². The first-order valence-electron chi connectivity index (χ1n) is 9.14. The van der Waals surface area contributed by atoms with Crippen molar-refractivity contribution in [2.24, 2.45) is 0 Å². The molecule has 28 heavy (non-hydrogen) atoms. The number of thioether (sulfide) groups is 1. The molecule has 1 aliphatic heterocycles.